The highest BCUT2D eigenvalue weighted by Crippen LogP contribution is 2.32. The number of rotatable bonds is 3. The summed E-state index contributed by atoms with van der Waals surface area (Å²) in [7, 11) is 0. The van der Waals surface area contributed by atoms with Crippen LogP contribution < -0.4 is 5.32 Å². The second-order valence-electron chi connectivity index (χ2n) is 4.67. The number of aryl methyl sites for hydroxylation is 1. The molecule has 90 valence electrons. The van der Waals surface area contributed by atoms with Crippen LogP contribution >= 0.6 is 0 Å². The average molecular weight is 230 g/mol. The van der Waals surface area contributed by atoms with Gasteiger partial charge in [-0.25, -0.2) is 4.79 Å². The normalized spacial score (nSPS) is 18.4. The maximum absolute atomic E-state index is 10.6. The Balaban J connectivity index is 2.24. The van der Waals surface area contributed by atoms with E-state index in [0.717, 1.165) is 31.5 Å². The number of nitrogens with one attached hydrogen (secondary N) is 1. The van der Waals surface area contributed by atoms with Crippen LogP contribution in [0.1, 0.15) is 30.0 Å². The lowest BCUT2D eigenvalue weighted by atomic mass is 9.86. The van der Waals surface area contributed by atoms with Gasteiger partial charge >= 0.3 is 0 Å². The lowest BCUT2D eigenvalue weighted by Gasteiger charge is -2.27. The number of aliphatic imine (C=N–C) groups is 1. The first-order valence-corrected chi connectivity index (χ1v) is 6.15. The van der Waals surface area contributed by atoms with Gasteiger partial charge in [0.2, 0.25) is 6.08 Å². The molecule has 1 saturated heterocycles. The fraction of sp³-hybridized carbons (Fsp3) is 0.500. The first-order chi connectivity index (χ1) is 8.31. The van der Waals surface area contributed by atoms with Crippen LogP contribution in [-0.2, 0) is 4.79 Å². The Bertz CT molecular complexity index is 418. The number of hydrogen-bond acceptors (Lipinski definition) is 3. The molecule has 3 nitrogen and oxygen atoms in total. The molecule has 0 aromatic heterocycles. The van der Waals surface area contributed by atoms with Crippen molar-refractivity contribution in [3.63, 3.8) is 0 Å². The second-order valence-corrected chi connectivity index (χ2v) is 4.67. The molecule has 0 saturated carbocycles. The first-order valence-electron chi connectivity index (χ1n) is 6.15. The Labute approximate surface area is 102 Å². The Morgan fingerprint density at radius 3 is 2.82 bits per heavy atom. The monoisotopic (exact) mass is 230 g/mol. The van der Waals surface area contributed by atoms with Crippen LogP contribution in [0.4, 0.5) is 0 Å². The van der Waals surface area contributed by atoms with E-state index >= 15 is 0 Å². The molecular weight excluding hydrogens is 212 g/mol. The molecule has 0 amide bonds. The summed E-state index contributed by atoms with van der Waals surface area (Å²) in [6.07, 6.45) is 3.88. The summed E-state index contributed by atoms with van der Waals surface area (Å²) in [5, 5.41) is 3.33. The molecule has 0 spiro atoms. The van der Waals surface area contributed by atoms with Crippen LogP contribution in [0, 0.1) is 12.8 Å². The molecule has 17 heavy (non-hydrogen) atoms. The number of benzene rings is 1. The number of nitrogens with zero attached hydrogens (tertiary/aromatic N) is 1. The van der Waals surface area contributed by atoms with E-state index in [4.69, 9.17) is 0 Å². The van der Waals surface area contributed by atoms with Crippen molar-refractivity contribution in [3.05, 3.63) is 35.4 Å². The predicted octanol–water partition coefficient (Wildman–Crippen LogP) is 2.37. The van der Waals surface area contributed by atoms with Crippen LogP contribution in [0.15, 0.2) is 29.3 Å². The summed E-state index contributed by atoms with van der Waals surface area (Å²) in [5.41, 5.74) is 2.35. The molecular formula is C14H18N2O. The number of isocyanates is 1. The van der Waals surface area contributed by atoms with E-state index < -0.39 is 0 Å². The average Bonchev–Trinajstić information content (AvgIpc) is 2.37. The van der Waals surface area contributed by atoms with Crippen molar-refractivity contribution < 1.29 is 4.79 Å². The van der Waals surface area contributed by atoms with Crippen molar-refractivity contribution in [2.24, 2.45) is 10.9 Å². The molecule has 1 unspecified atom stereocenters. The predicted molar refractivity (Wildman–Crippen MR) is 67.6 cm³/mol. The molecule has 1 aromatic rings. The van der Waals surface area contributed by atoms with E-state index in [2.05, 4.69) is 35.4 Å². The summed E-state index contributed by atoms with van der Waals surface area (Å²) < 4.78 is 0. The van der Waals surface area contributed by atoms with Crippen LogP contribution in [0.5, 0.6) is 0 Å². The molecule has 1 aliphatic heterocycles. The number of piperidine rings is 1. The van der Waals surface area contributed by atoms with Crippen molar-refractivity contribution in [3.8, 4) is 0 Å². The lowest BCUT2D eigenvalue weighted by Crippen LogP contribution is -2.30. The molecule has 0 radical (unpaired) electrons. The molecule has 0 bridgehead atoms. The van der Waals surface area contributed by atoms with E-state index in [9.17, 15) is 4.79 Å². The van der Waals surface area contributed by atoms with Gasteiger partial charge < -0.3 is 5.32 Å². The lowest BCUT2D eigenvalue weighted by molar-refractivity contribution is 0.322. The van der Waals surface area contributed by atoms with E-state index in [1.807, 2.05) is 6.07 Å². The molecule has 1 heterocycles. The molecule has 3 heteroatoms. The van der Waals surface area contributed by atoms with Gasteiger partial charge in [-0.2, -0.15) is 4.99 Å². The third-order valence-corrected chi connectivity index (χ3v) is 3.41. The van der Waals surface area contributed by atoms with E-state index in [0.29, 0.717) is 5.92 Å². The van der Waals surface area contributed by atoms with Gasteiger partial charge in [0.25, 0.3) is 0 Å². The van der Waals surface area contributed by atoms with Crippen molar-refractivity contribution in [1.82, 2.24) is 5.32 Å². The molecule has 1 aromatic carbocycles. The maximum Gasteiger partial charge on any atom is 0.235 e. The van der Waals surface area contributed by atoms with E-state index in [1.54, 1.807) is 6.08 Å². The third kappa shape index (κ3) is 3.02. The topological polar surface area (TPSA) is 41.5 Å². The van der Waals surface area contributed by atoms with E-state index in [1.165, 1.54) is 5.56 Å². The van der Waals surface area contributed by atoms with Crippen molar-refractivity contribution in [1.29, 1.82) is 0 Å². The van der Waals surface area contributed by atoms with Gasteiger partial charge in [0, 0.05) is 0 Å². The summed E-state index contributed by atoms with van der Waals surface area (Å²) in [6, 6.07) is 8.25. The zero-order chi connectivity index (χ0) is 12.1. The maximum atomic E-state index is 10.6. The van der Waals surface area contributed by atoms with Crippen LogP contribution in [-0.4, -0.2) is 19.2 Å². The summed E-state index contributed by atoms with van der Waals surface area (Å²) in [6.45, 7) is 4.09. The zero-order valence-electron chi connectivity index (χ0n) is 10.1. The van der Waals surface area contributed by atoms with Crippen LogP contribution in [0.25, 0.3) is 0 Å². The Morgan fingerprint density at radius 1 is 1.41 bits per heavy atom. The third-order valence-electron chi connectivity index (χ3n) is 3.41. The van der Waals surface area contributed by atoms with Gasteiger partial charge in [-0.3, -0.25) is 0 Å². The SMILES string of the molecule is Cc1cccc(C(N=C=O)C2CCNCC2)c1. The summed E-state index contributed by atoms with van der Waals surface area (Å²) >= 11 is 0. The standard InChI is InChI=1S/C14H18N2O/c1-11-3-2-4-13(9-11)14(16-10-17)12-5-7-15-8-6-12/h2-4,9,12,14-15H,5-8H2,1H3. The summed E-state index contributed by atoms with van der Waals surface area (Å²) in [4.78, 5) is 14.6. The minimum absolute atomic E-state index is 0.0190. The Hall–Kier alpha value is -1.44. The first kappa shape index (κ1) is 12.0. The second kappa shape index (κ2) is 5.76. The Morgan fingerprint density at radius 2 is 2.18 bits per heavy atom. The molecule has 0 aliphatic carbocycles. The van der Waals surface area contributed by atoms with Gasteiger partial charge in [-0.15, -0.1) is 0 Å². The largest absolute Gasteiger partial charge is 0.317 e. The minimum atomic E-state index is -0.0190. The van der Waals surface area contributed by atoms with Gasteiger partial charge in [0.05, 0.1) is 6.04 Å². The van der Waals surface area contributed by atoms with Crippen LogP contribution in [0.2, 0.25) is 0 Å². The van der Waals surface area contributed by atoms with Crippen molar-refractivity contribution >= 4 is 6.08 Å². The fourth-order valence-electron chi connectivity index (χ4n) is 2.52. The molecule has 1 fully saturated rings. The minimum Gasteiger partial charge on any atom is -0.317 e. The highest BCUT2D eigenvalue weighted by atomic mass is 16.1. The molecule has 1 N–H and O–H groups in total. The number of carbonyl (C=O) groups excluding carboxylic acids is 1. The van der Waals surface area contributed by atoms with Gasteiger partial charge in [0.15, 0.2) is 0 Å². The number of hydrogen-bond donors (Lipinski definition) is 1. The van der Waals surface area contributed by atoms with Gasteiger partial charge in [-0.1, -0.05) is 29.8 Å². The van der Waals surface area contributed by atoms with E-state index in [-0.39, 0.29) is 6.04 Å². The molecule has 2 rings (SSSR count). The molecule has 1 aliphatic rings. The smallest absolute Gasteiger partial charge is 0.235 e. The quantitative estimate of drug-likeness (QED) is 0.640. The fourth-order valence-corrected chi connectivity index (χ4v) is 2.52. The highest BCUT2D eigenvalue weighted by molar-refractivity contribution is 5.36. The van der Waals surface area contributed by atoms with Crippen LogP contribution in [0.3, 0.4) is 0 Å². The zero-order valence-corrected chi connectivity index (χ0v) is 10.1. The van der Waals surface area contributed by atoms with Gasteiger partial charge in [-0.05, 0) is 44.3 Å². The molecule has 1 atom stereocenters. The Kier molecular flexibility index (Phi) is 4.08. The van der Waals surface area contributed by atoms with Crippen molar-refractivity contribution in [2.45, 2.75) is 25.8 Å². The highest BCUT2D eigenvalue weighted by Gasteiger charge is 2.24. The summed E-state index contributed by atoms with van der Waals surface area (Å²) in [5.74, 6) is 0.458. The van der Waals surface area contributed by atoms with Crippen molar-refractivity contribution in [2.75, 3.05) is 13.1 Å². The van der Waals surface area contributed by atoms with Gasteiger partial charge in [0.1, 0.15) is 0 Å².